The van der Waals surface area contributed by atoms with Crippen molar-refractivity contribution in [1.82, 2.24) is 19.4 Å². The highest BCUT2D eigenvalue weighted by atomic mass is 16.5. The first-order valence-corrected chi connectivity index (χ1v) is 8.75. The first-order chi connectivity index (χ1) is 11.2. The van der Waals surface area contributed by atoms with Crippen molar-refractivity contribution < 1.29 is 9.53 Å². The Kier molecular flexibility index (Phi) is 5.33. The van der Waals surface area contributed by atoms with Crippen LogP contribution in [0.15, 0.2) is 12.4 Å². The summed E-state index contributed by atoms with van der Waals surface area (Å²) in [6, 6.07) is 0.201. The van der Waals surface area contributed by atoms with Gasteiger partial charge in [-0.15, -0.1) is 0 Å². The van der Waals surface area contributed by atoms with E-state index in [1.165, 1.54) is 0 Å². The summed E-state index contributed by atoms with van der Waals surface area (Å²) in [5.41, 5.74) is 0. The van der Waals surface area contributed by atoms with Crippen molar-refractivity contribution in [2.75, 3.05) is 39.4 Å². The Morgan fingerprint density at radius 2 is 2.30 bits per heavy atom. The number of likely N-dealkylation sites (N-methyl/N-ethyl adjacent to an activating group) is 1. The average Bonchev–Trinajstić information content (AvgIpc) is 3.23. The molecule has 2 saturated heterocycles. The summed E-state index contributed by atoms with van der Waals surface area (Å²) in [6.07, 6.45) is 6.52. The third kappa shape index (κ3) is 3.75. The molecule has 0 aliphatic carbocycles. The number of amides is 1. The van der Waals surface area contributed by atoms with Crippen LogP contribution in [0.3, 0.4) is 0 Å². The molecule has 1 aromatic rings. The molecule has 0 spiro atoms. The maximum Gasteiger partial charge on any atom is 0.222 e. The van der Waals surface area contributed by atoms with Crippen LogP contribution in [0.2, 0.25) is 0 Å². The Bertz CT molecular complexity index is 524. The molecule has 6 nitrogen and oxygen atoms in total. The van der Waals surface area contributed by atoms with E-state index in [1.807, 2.05) is 24.3 Å². The Morgan fingerprint density at radius 1 is 1.43 bits per heavy atom. The quantitative estimate of drug-likeness (QED) is 0.824. The molecule has 1 amide bonds. The zero-order chi connectivity index (χ0) is 16.2. The molecule has 3 rings (SSSR count). The molecule has 128 valence electrons. The molecular weight excluding hydrogens is 292 g/mol. The highest BCUT2D eigenvalue weighted by Crippen LogP contribution is 2.25. The number of hydrogen-bond acceptors (Lipinski definition) is 4. The number of piperazine rings is 1. The van der Waals surface area contributed by atoms with Crippen LogP contribution >= 0.6 is 0 Å². The monoisotopic (exact) mass is 320 g/mol. The van der Waals surface area contributed by atoms with E-state index < -0.39 is 0 Å². The minimum atomic E-state index is 0.201. The predicted octanol–water partition coefficient (Wildman–Crippen LogP) is 1.44. The molecule has 1 aromatic heterocycles. The van der Waals surface area contributed by atoms with Gasteiger partial charge in [0.25, 0.3) is 0 Å². The summed E-state index contributed by atoms with van der Waals surface area (Å²) in [6.45, 7) is 7.34. The maximum atomic E-state index is 12.6. The van der Waals surface area contributed by atoms with Gasteiger partial charge >= 0.3 is 0 Å². The van der Waals surface area contributed by atoms with Gasteiger partial charge in [0.2, 0.25) is 5.91 Å². The minimum Gasteiger partial charge on any atom is -0.381 e. The molecule has 0 unspecified atom stereocenters. The van der Waals surface area contributed by atoms with Gasteiger partial charge in [0, 0.05) is 58.7 Å². The van der Waals surface area contributed by atoms with Gasteiger partial charge in [-0.2, -0.15) is 0 Å². The molecule has 23 heavy (non-hydrogen) atoms. The average molecular weight is 320 g/mol. The summed E-state index contributed by atoms with van der Waals surface area (Å²) in [4.78, 5) is 21.5. The van der Waals surface area contributed by atoms with E-state index >= 15 is 0 Å². The highest BCUT2D eigenvalue weighted by molar-refractivity contribution is 5.76. The van der Waals surface area contributed by atoms with Gasteiger partial charge in [0.15, 0.2) is 0 Å². The number of nitrogens with zero attached hydrogens (tertiary/aromatic N) is 4. The molecule has 6 heteroatoms. The van der Waals surface area contributed by atoms with Gasteiger partial charge in [0.05, 0.1) is 6.04 Å². The Balaban J connectivity index is 1.60. The maximum absolute atomic E-state index is 12.6. The SMILES string of the molecule is CCN1CCN(C(=O)CC[C@H]2CCOC2)C[C@@H]1c1nccn1C. The van der Waals surface area contributed by atoms with Gasteiger partial charge in [-0.05, 0) is 25.3 Å². The van der Waals surface area contributed by atoms with Crippen molar-refractivity contribution in [1.29, 1.82) is 0 Å². The summed E-state index contributed by atoms with van der Waals surface area (Å²) in [5, 5.41) is 0. The number of ether oxygens (including phenoxy) is 1. The van der Waals surface area contributed by atoms with Crippen LogP contribution in [0.5, 0.6) is 0 Å². The Hall–Kier alpha value is -1.40. The Labute approximate surface area is 138 Å². The van der Waals surface area contributed by atoms with Crippen molar-refractivity contribution in [3.8, 4) is 0 Å². The van der Waals surface area contributed by atoms with Gasteiger partial charge in [0.1, 0.15) is 5.82 Å². The zero-order valence-corrected chi connectivity index (χ0v) is 14.3. The predicted molar refractivity (Wildman–Crippen MR) is 87.9 cm³/mol. The Morgan fingerprint density at radius 3 is 2.96 bits per heavy atom. The fraction of sp³-hybridized carbons (Fsp3) is 0.765. The number of aryl methyl sites for hydroxylation is 1. The number of rotatable bonds is 5. The molecule has 2 aliphatic heterocycles. The molecule has 0 N–H and O–H groups in total. The van der Waals surface area contributed by atoms with E-state index in [1.54, 1.807) is 0 Å². The number of aromatic nitrogens is 2. The second-order valence-corrected chi connectivity index (χ2v) is 6.65. The lowest BCUT2D eigenvalue weighted by Gasteiger charge is -2.40. The number of hydrogen-bond donors (Lipinski definition) is 0. The lowest BCUT2D eigenvalue weighted by Crippen LogP contribution is -2.50. The van der Waals surface area contributed by atoms with Crippen LogP contribution in [0.1, 0.15) is 38.1 Å². The van der Waals surface area contributed by atoms with Crippen LogP contribution in [0.4, 0.5) is 0 Å². The molecule has 2 fully saturated rings. The summed E-state index contributed by atoms with van der Waals surface area (Å²) in [7, 11) is 2.02. The third-order valence-electron chi connectivity index (χ3n) is 5.20. The largest absolute Gasteiger partial charge is 0.381 e. The van der Waals surface area contributed by atoms with Crippen LogP contribution in [0.25, 0.3) is 0 Å². The first kappa shape index (κ1) is 16.5. The lowest BCUT2D eigenvalue weighted by molar-refractivity contribution is -0.134. The van der Waals surface area contributed by atoms with Crippen molar-refractivity contribution in [3.63, 3.8) is 0 Å². The van der Waals surface area contributed by atoms with E-state index in [0.29, 0.717) is 12.3 Å². The second kappa shape index (κ2) is 7.45. The molecule has 3 heterocycles. The number of imidazole rings is 1. The number of carbonyl (C=O) groups excluding carboxylic acids is 1. The van der Waals surface area contributed by atoms with E-state index in [9.17, 15) is 4.79 Å². The van der Waals surface area contributed by atoms with Gasteiger partial charge in [-0.1, -0.05) is 6.92 Å². The zero-order valence-electron chi connectivity index (χ0n) is 14.3. The van der Waals surface area contributed by atoms with Crippen LogP contribution in [0, 0.1) is 5.92 Å². The smallest absolute Gasteiger partial charge is 0.222 e. The summed E-state index contributed by atoms with van der Waals surface area (Å²) < 4.78 is 7.47. The van der Waals surface area contributed by atoms with Crippen LogP contribution < -0.4 is 0 Å². The number of carbonyl (C=O) groups is 1. The molecule has 0 saturated carbocycles. The summed E-state index contributed by atoms with van der Waals surface area (Å²) in [5.74, 6) is 1.90. The molecule has 0 bridgehead atoms. The topological polar surface area (TPSA) is 50.6 Å². The lowest BCUT2D eigenvalue weighted by atomic mass is 10.0. The third-order valence-corrected chi connectivity index (χ3v) is 5.20. The highest BCUT2D eigenvalue weighted by Gasteiger charge is 2.32. The van der Waals surface area contributed by atoms with Gasteiger partial charge < -0.3 is 14.2 Å². The van der Waals surface area contributed by atoms with E-state index in [0.717, 1.165) is 58.1 Å². The fourth-order valence-electron chi connectivity index (χ4n) is 3.67. The van der Waals surface area contributed by atoms with Crippen molar-refractivity contribution in [2.24, 2.45) is 13.0 Å². The van der Waals surface area contributed by atoms with Crippen molar-refractivity contribution in [3.05, 3.63) is 18.2 Å². The minimum absolute atomic E-state index is 0.201. The van der Waals surface area contributed by atoms with E-state index in [4.69, 9.17) is 4.74 Å². The van der Waals surface area contributed by atoms with Gasteiger partial charge in [-0.3, -0.25) is 9.69 Å². The van der Waals surface area contributed by atoms with Crippen molar-refractivity contribution >= 4 is 5.91 Å². The molecule has 2 atom stereocenters. The van der Waals surface area contributed by atoms with E-state index in [-0.39, 0.29) is 11.9 Å². The summed E-state index contributed by atoms with van der Waals surface area (Å²) >= 11 is 0. The van der Waals surface area contributed by atoms with Crippen LogP contribution in [-0.2, 0) is 16.6 Å². The molecule has 0 radical (unpaired) electrons. The molecule has 0 aromatic carbocycles. The molecular formula is C17H28N4O2. The van der Waals surface area contributed by atoms with Crippen LogP contribution in [-0.4, -0.2) is 64.7 Å². The fourth-order valence-corrected chi connectivity index (χ4v) is 3.67. The molecule has 2 aliphatic rings. The second-order valence-electron chi connectivity index (χ2n) is 6.65. The van der Waals surface area contributed by atoms with Crippen molar-refractivity contribution in [2.45, 2.75) is 32.2 Å². The van der Waals surface area contributed by atoms with Gasteiger partial charge in [-0.25, -0.2) is 4.98 Å². The first-order valence-electron chi connectivity index (χ1n) is 8.75. The standard InChI is InChI=1S/C17H28N4O2/c1-3-20-9-10-21(12-15(20)17-18-7-8-19(17)2)16(22)5-4-14-6-11-23-13-14/h7-8,14-15H,3-6,9-13H2,1-2H3/t14-,15+/m0/s1. The normalized spacial score (nSPS) is 25.9. The van der Waals surface area contributed by atoms with E-state index in [2.05, 4.69) is 21.4 Å².